The molecule has 9 rings (SSSR count). The molecule has 24 heteroatoms. The van der Waals surface area contributed by atoms with Crippen LogP contribution in [0.15, 0.2) is 142 Å². The van der Waals surface area contributed by atoms with E-state index in [0.29, 0.717) is 89.4 Å². The van der Waals surface area contributed by atoms with Gasteiger partial charge in [0.15, 0.2) is 0 Å². The van der Waals surface area contributed by atoms with Gasteiger partial charge in [-0.25, -0.2) is 9.97 Å². The highest BCUT2D eigenvalue weighted by Gasteiger charge is 2.21. The average Bonchev–Trinajstić information content (AvgIpc) is 4.42. The Morgan fingerprint density at radius 1 is 0.350 bits per heavy atom. The summed E-state index contributed by atoms with van der Waals surface area (Å²) in [5.41, 5.74) is 46.9. The van der Waals surface area contributed by atoms with Crippen LogP contribution in [0.2, 0.25) is 0 Å². The van der Waals surface area contributed by atoms with Gasteiger partial charge in [0, 0.05) is 139 Å². The van der Waals surface area contributed by atoms with Crippen LogP contribution in [0.1, 0.15) is 64.2 Å². The Balaban J connectivity index is 1.28. The maximum absolute atomic E-state index is 13.2. The topological polar surface area (TPSA) is 369 Å². The third kappa shape index (κ3) is 12.3. The summed E-state index contributed by atoms with van der Waals surface area (Å²) in [4.78, 5) is 81.7. The fraction of sp³-hybridized carbons (Fsp3) is 0.143. The highest BCUT2D eigenvalue weighted by atomic mass is 16.2. The quantitative estimate of drug-likeness (QED) is 0.0186. The molecule has 0 fully saturated rings. The number of azide groups is 4. The smallest absolute Gasteiger partial charge is 0.251 e. The minimum absolute atomic E-state index is 0.0966. The number of hydrogen-bond donors (Lipinski definition) is 6. The van der Waals surface area contributed by atoms with Crippen molar-refractivity contribution in [1.82, 2.24) is 41.2 Å². The van der Waals surface area contributed by atoms with Gasteiger partial charge in [-0.1, -0.05) is 69.0 Å². The van der Waals surface area contributed by atoms with Crippen LogP contribution in [0, 0.1) is 0 Å². The molecule has 6 N–H and O–H groups in total. The van der Waals surface area contributed by atoms with Gasteiger partial charge >= 0.3 is 0 Å². The lowest BCUT2D eigenvalue weighted by Crippen LogP contribution is -2.25. The number of H-pyrrole nitrogens is 2. The molecule has 0 spiro atoms. The molecule has 4 aromatic carbocycles. The van der Waals surface area contributed by atoms with E-state index < -0.39 is 0 Å². The molecule has 4 amide bonds. The molecule has 2 aliphatic heterocycles. The van der Waals surface area contributed by atoms with Gasteiger partial charge in [0.05, 0.1) is 22.8 Å². The first-order valence-corrected chi connectivity index (χ1v) is 24.9. The predicted octanol–water partition coefficient (Wildman–Crippen LogP) is 11.5. The first-order valence-electron chi connectivity index (χ1n) is 24.9. The van der Waals surface area contributed by atoms with E-state index in [1.54, 1.807) is 48.5 Å². The molecule has 80 heavy (non-hydrogen) atoms. The number of aromatic nitrogens is 4. The number of hydrogen-bond acceptors (Lipinski definition) is 10. The Morgan fingerprint density at radius 3 is 0.762 bits per heavy atom. The van der Waals surface area contributed by atoms with Gasteiger partial charge in [-0.15, -0.1) is 0 Å². The molecule has 0 unspecified atom stereocenters. The number of carbonyl (C=O) groups is 4. The second kappa shape index (κ2) is 25.4. The van der Waals surface area contributed by atoms with Crippen LogP contribution < -0.4 is 21.3 Å². The third-order valence-electron chi connectivity index (χ3n) is 12.7. The van der Waals surface area contributed by atoms with E-state index in [0.717, 1.165) is 22.3 Å². The van der Waals surface area contributed by atoms with Gasteiger partial charge < -0.3 is 31.2 Å². The number of fused-ring (bicyclic) bond motifs is 8. The minimum atomic E-state index is -0.345. The number of carbonyl (C=O) groups excluding carboxylic acids is 4. The molecule has 5 heterocycles. The fourth-order valence-corrected chi connectivity index (χ4v) is 9.04. The summed E-state index contributed by atoms with van der Waals surface area (Å²) in [5.74, 6) is -1.38. The number of aromatic amines is 2. The Morgan fingerprint density at radius 2 is 0.562 bits per heavy atom. The zero-order valence-corrected chi connectivity index (χ0v) is 42.4. The molecule has 0 radical (unpaired) electrons. The number of nitrogens with one attached hydrogen (secondary N) is 6. The van der Waals surface area contributed by atoms with E-state index in [1.807, 2.05) is 97.1 Å². The van der Waals surface area contributed by atoms with E-state index in [2.05, 4.69) is 71.3 Å². The maximum Gasteiger partial charge on any atom is 0.251 e. The molecule has 0 saturated carbocycles. The molecule has 0 saturated heterocycles. The molecule has 24 nitrogen and oxygen atoms in total. The lowest BCUT2D eigenvalue weighted by atomic mass is 10.0. The van der Waals surface area contributed by atoms with E-state index in [1.165, 1.54) is 0 Å². The first kappa shape index (κ1) is 53.4. The monoisotopic (exact) mass is 1060 g/mol. The van der Waals surface area contributed by atoms with Crippen molar-refractivity contribution in [2.45, 2.75) is 0 Å². The Labute approximate surface area is 454 Å². The molecule has 8 bridgehead atoms. The Bertz CT molecular complexity index is 3480. The first-order chi connectivity index (χ1) is 39.2. The molecular formula is C56H46N20O4. The maximum atomic E-state index is 13.2. The van der Waals surface area contributed by atoms with Crippen LogP contribution >= 0.6 is 0 Å². The van der Waals surface area contributed by atoms with Crippen LogP contribution in [0.25, 0.3) is 133 Å². The zero-order valence-electron chi connectivity index (χ0n) is 42.4. The van der Waals surface area contributed by atoms with Gasteiger partial charge in [-0.05, 0) is 141 Å². The van der Waals surface area contributed by atoms with Crippen LogP contribution in [-0.2, 0) is 0 Å². The fourth-order valence-electron chi connectivity index (χ4n) is 9.04. The van der Waals surface area contributed by atoms with E-state index in [-0.39, 0.29) is 76.0 Å². The number of rotatable bonds is 20. The molecular weight excluding hydrogens is 1020 g/mol. The average molecular weight is 1060 g/mol. The molecule has 2 aliphatic rings. The van der Waals surface area contributed by atoms with Gasteiger partial charge in [-0.2, -0.15) is 0 Å². The van der Waals surface area contributed by atoms with Crippen molar-refractivity contribution in [3.63, 3.8) is 0 Å². The summed E-state index contributed by atoms with van der Waals surface area (Å²) in [5, 5.41) is 25.1. The van der Waals surface area contributed by atoms with E-state index in [9.17, 15) is 19.2 Å². The SMILES string of the molecule is [N-]=[N+]=NCCNC(=O)c1ccc(-c2c3nc(c(-c4ccc(C(=O)NCCN=[N+]=[N-])cc4)c4ccc([nH]4)c(-c4ccc(C(=O)NCCN=[N+]=[N-])cc4)c4nc(c(-c5ccc(C(=O)NCCN=[N+]=[N-])cc5)c5ccc2[nH]5)C=C4)C=C3)cc1. The van der Waals surface area contributed by atoms with Gasteiger partial charge in [0.2, 0.25) is 0 Å². The van der Waals surface area contributed by atoms with Crippen molar-refractivity contribution in [1.29, 1.82) is 0 Å². The van der Waals surface area contributed by atoms with Crippen LogP contribution in [-0.4, -0.2) is 95.9 Å². The summed E-state index contributed by atoms with van der Waals surface area (Å²) in [6.07, 6.45) is 7.64. The molecule has 3 aromatic heterocycles. The van der Waals surface area contributed by atoms with Crippen LogP contribution in [0.4, 0.5) is 0 Å². The zero-order chi connectivity index (χ0) is 55.8. The second-order valence-corrected chi connectivity index (χ2v) is 17.7. The predicted molar refractivity (Wildman–Crippen MR) is 306 cm³/mol. The van der Waals surface area contributed by atoms with Crippen molar-refractivity contribution in [2.24, 2.45) is 20.5 Å². The van der Waals surface area contributed by atoms with Crippen molar-refractivity contribution in [3.8, 4) is 44.5 Å². The van der Waals surface area contributed by atoms with Crippen molar-refractivity contribution >= 4 is 70.0 Å². The van der Waals surface area contributed by atoms with E-state index >= 15 is 0 Å². The molecule has 7 aromatic rings. The summed E-state index contributed by atoms with van der Waals surface area (Å²) in [7, 11) is 0. The normalized spacial score (nSPS) is 11.0. The number of amides is 4. The highest BCUT2D eigenvalue weighted by molar-refractivity contribution is 6.02. The van der Waals surface area contributed by atoms with Gasteiger partial charge in [-0.3, -0.25) is 19.2 Å². The summed E-state index contributed by atoms with van der Waals surface area (Å²) < 4.78 is 0. The lowest BCUT2D eigenvalue weighted by Gasteiger charge is -2.09. The van der Waals surface area contributed by atoms with Crippen molar-refractivity contribution < 1.29 is 19.2 Å². The standard InChI is InChI=1S/C56H46N20O4/c57-73-65-29-25-61-53(77)37-9-1-33(2-10-37)49-41-17-19-43(69-41)50(34-3-11-38(12-4-34)54(78)62-26-30-66-74-58)45-21-23-47(71-45)52(36-7-15-40(16-8-36)56(80)64-28-32-68-76-60)48-24-22-46(72-48)51(44-20-18-42(49)70-44)35-5-13-39(14-6-35)55(79)63-27-31-67-75-59/h1-24,69,72H,25-32H2,(H,61,77)(H,62,78)(H,63,79)(H,64,80). The highest BCUT2D eigenvalue weighted by Crippen LogP contribution is 2.39. The third-order valence-corrected chi connectivity index (χ3v) is 12.7. The summed E-state index contributed by atoms with van der Waals surface area (Å²) >= 11 is 0. The second-order valence-electron chi connectivity index (χ2n) is 17.7. The Hall–Kier alpha value is -11.4. The van der Waals surface area contributed by atoms with Crippen molar-refractivity contribution in [3.05, 3.63) is 208 Å². The number of nitrogens with zero attached hydrogens (tertiary/aromatic N) is 14. The van der Waals surface area contributed by atoms with Crippen molar-refractivity contribution in [2.75, 3.05) is 52.4 Å². The van der Waals surface area contributed by atoms with Gasteiger partial charge in [0.25, 0.3) is 23.6 Å². The largest absolute Gasteiger partial charge is 0.354 e. The lowest BCUT2D eigenvalue weighted by molar-refractivity contribution is 0.0946. The molecule has 0 aliphatic carbocycles. The van der Waals surface area contributed by atoms with Crippen LogP contribution in [0.3, 0.4) is 0 Å². The molecule has 394 valence electrons. The van der Waals surface area contributed by atoms with Gasteiger partial charge in [0.1, 0.15) is 0 Å². The number of benzene rings is 4. The summed E-state index contributed by atoms with van der Waals surface area (Å²) in [6, 6.07) is 36.0. The van der Waals surface area contributed by atoms with Crippen LogP contribution in [0.5, 0.6) is 0 Å². The Kier molecular flexibility index (Phi) is 17.0. The van der Waals surface area contributed by atoms with E-state index in [4.69, 9.17) is 32.1 Å². The minimum Gasteiger partial charge on any atom is -0.354 e. The molecule has 0 atom stereocenters. The summed E-state index contributed by atoms with van der Waals surface area (Å²) in [6.45, 7) is 1.02.